The quantitative estimate of drug-likeness (QED) is 0.764. The third-order valence-electron chi connectivity index (χ3n) is 2.04. The standard InChI is InChI=1S/C12H8ClN3/c1-2-8-7-11(16-12(14)15-8)9-5-3-4-6-10(9)13/h1,3-7H,(H2,14,15,16). The average molecular weight is 230 g/mol. The Morgan fingerprint density at radius 3 is 2.69 bits per heavy atom. The largest absolute Gasteiger partial charge is 0.368 e. The summed E-state index contributed by atoms with van der Waals surface area (Å²) in [5.41, 5.74) is 7.43. The number of nitrogens with zero attached hydrogens (tertiary/aromatic N) is 2. The minimum atomic E-state index is 0.144. The van der Waals surface area contributed by atoms with Gasteiger partial charge >= 0.3 is 0 Å². The molecule has 1 aromatic carbocycles. The van der Waals surface area contributed by atoms with Gasteiger partial charge < -0.3 is 5.73 Å². The molecule has 0 aliphatic carbocycles. The van der Waals surface area contributed by atoms with Crippen molar-refractivity contribution < 1.29 is 0 Å². The highest BCUT2D eigenvalue weighted by molar-refractivity contribution is 6.33. The van der Waals surface area contributed by atoms with E-state index in [1.165, 1.54) is 0 Å². The maximum Gasteiger partial charge on any atom is 0.221 e. The molecule has 0 aliphatic rings. The Morgan fingerprint density at radius 1 is 1.25 bits per heavy atom. The van der Waals surface area contributed by atoms with Gasteiger partial charge in [0.1, 0.15) is 5.69 Å². The first-order valence-corrected chi connectivity index (χ1v) is 4.94. The summed E-state index contributed by atoms with van der Waals surface area (Å²) < 4.78 is 0. The van der Waals surface area contributed by atoms with Gasteiger partial charge in [0.05, 0.1) is 5.69 Å². The Labute approximate surface area is 98.3 Å². The van der Waals surface area contributed by atoms with E-state index in [0.29, 0.717) is 16.4 Å². The third kappa shape index (κ3) is 1.97. The molecule has 2 rings (SSSR count). The molecule has 0 bridgehead atoms. The fourth-order valence-electron chi connectivity index (χ4n) is 1.35. The number of aromatic nitrogens is 2. The second-order valence-corrected chi connectivity index (χ2v) is 3.53. The van der Waals surface area contributed by atoms with Crippen molar-refractivity contribution in [2.24, 2.45) is 0 Å². The molecule has 1 heterocycles. The number of hydrogen-bond acceptors (Lipinski definition) is 3. The predicted octanol–water partition coefficient (Wildman–Crippen LogP) is 2.36. The van der Waals surface area contributed by atoms with Crippen molar-refractivity contribution in [1.29, 1.82) is 0 Å². The summed E-state index contributed by atoms with van der Waals surface area (Å²) in [5, 5.41) is 0.601. The summed E-state index contributed by atoms with van der Waals surface area (Å²) in [6.07, 6.45) is 5.27. The van der Waals surface area contributed by atoms with Crippen LogP contribution < -0.4 is 5.73 Å². The van der Waals surface area contributed by atoms with Crippen molar-refractivity contribution in [3.8, 4) is 23.6 Å². The van der Waals surface area contributed by atoms with E-state index in [-0.39, 0.29) is 5.95 Å². The Bertz CT molecular complexity index is 573. The molecular formula is C12H8ClN3. The van der Waals surface area contributed by atoms with Gasteiger partial charge in [0.25, 0.3) is 0 Å². The fraction of sp³-hybridized carbons (Fsp3) is 0. The molecule has 0 spiro atoms. The molecule has 0 atom stereocenters. The molecule has 2 aromatic rings. The van der Waals surface area contributed by atoms with Crippen molar-refractivity contribution in [3.05, 3.63) is 41.0 Å². The minimum Gasteiger partial charge on any atom is -0.368 e. The zero-order valence-corrected chi connectivity index (χ0v) is 9.07. The number of hydrogen-bond donors (Lipinski definition) is 1. The summed E-state index contributed by atoms with van der Waals surface area (Å²) in [6, 6.07) is 9.03. The van der Waals surface area contributed by atoms with Crippen LogP contribution in [0.5, 0.6) is 0 Å². The molecule has 0 unspecified atom stereocenters. The minimum absolute atomic E-state index is 0.144. The van der Waals surface area contributed by atoms with Crippen molar-refractivity contribution >= 4 is 17.5 Å². The van der Waals surface area contributed by atoms with Gasteiger partial charge in [0, 0.05) is 10.6 Å². The Morgan fingerprint density at radius 2 is 2.00 bits per heavy atom. The van der Waals surface area contributed by atoms with Gasteiger partial charge in [-0.3, -0.25) is 0 Å². The summed E-state index contributed by atoms with van der Waals surface area (Å²) in [5.74, 6) is 2.57. The Balaban J connectivity index is 2.61. The van der Waals surface area contributed by atoms with Gasteiger partial charge in [-0.25, -0.2) is 9.97 Å². The highest BCUT2D eigenvalue weighted by atomic mass is 35.5. The maximum atomic E-state index is 6.05. The molecule has 2 N–H and O–H groups in total. The van der Waals surface area contributed by atoms with Crippen LogP contribution in [0.3, 0.4) is 0 Å². The third-order valence-corrected chi connectivity index (χ3v) is 2.37. The van der Waals surface area contributed by atoms with E-state index < -0.39 is 0 Å². The van der Waals surface area contributed by atoms with Crippen molar-refractivity contribution in [2.45, 2.75) is 0 Å². The van der Waals surface area contributed by atoms with E-state index in [2.05, 4.69) is 15.9 Å². The van der Waals surface area contributed by atoms with E-state index in [0.717, 1.165) is 5.56 Å². The monoisotopic (exact) mass is 229 g/mol. The smallest absolute Gasteiger partial charge is 0.221 e. The van der Waals surface area contributed by atoms with E-state index in [4.69, 9.17) is 23.8 Å². The molecule has 16 heavy (non-hydrogen) atoms. The van der Waals surface area contributed by atoms with E-state index in [9.17, 15) is 0 Å². The van der Waals surface area contributed by atoms with Crippen LogP contribution >= 0.6 is 11.6 Å². The van der Waals surface area contributed by atoms with E-state index in [1.54, 1.807) is 12.1 Å². The molecule has 0 radical (unpaired) electrons. The van der Waals surface area contributed by atoms with Gasteiger partial charge in [-0.15, -0.1) is 6.42 Å². The number of halogens is 1. The summed E-state index contributed by atoms with van der Waals surface area (Å²) in [4.78, 5) is 7.99. The second kappa shape index (κ2) is 4.21. The Kier molecular flexibility index (Phi) is 2.76. The highest BCUT2D eigenvalue weighted by Crippen LogP contribution is 2.26. The lowest BCUT2D eigenvalue weighted by atomic mass is 10.1. The second-order valence-electron chi connectivity index (χ2n) is 3.12. The maximum absolute atomic E-state index is 6.05. The Hall–Kier alpha value is -2.05. The molecule has 78 valence electrons. The lowest BCUT2D eigenvalue weighted by Crippen LogP contribution is -1.98. The number of nitrogen functional groups attached to an aromatic ring is 1. The van der Waals surface area contributed by atoms with E-state index in [1.807, 2.05) is 18.2 Å². The van der Waals surface area contributed by atoms with Crippen molar-refractivity contribution in [3.63, 3.8) is 0 Å². The van der Waals surface area contributed by atoms with Gasteiger partial charge in [-0.05, 0) is 12.1 Å². The van der Waals surface area contributed by atoms with Crippen LogP contribution in [0, 0.1) is 12.3 Å². The molecule has 0 saturated carbocycles. The van der Waals surface area contributed by atoms with E-state index >= 15 is 0 Å². The number of nitrogens with two attached hydrogens (primary N) is 1. The lowest BCUT2D eigenvalue weighted by molar-refractivity contribution is 1.17. The first-order valence-electron chi connectivity index (χ1n) is 4.57. The first-order chi connectivity index (χ1) is 7.70. The van der Waals surface area contributed by atoms with Crippen molar-refractivity contribution in [1.82, 2.24) is 9.97 Å². The number of anilines is 1. The van der Waals surface area contributed by atoms with Crippen LogP contribution in [0.2, 0.25) is 5.02 Å². The molecule has 0 fully saturated rings. The molecule has 1 aromatic heterocycles. The molecule has 4 heteroatoms. The lowest BCUT2D eigenvalue weighted by Gasteiger charge is -2.04. The van der Waals surface area contributed by atoms with Crippen LogP contribution in [0.25, 0.3) is 11.3 Å². The molecule has 3 nitrogen and oxygen atoms in total. The van der Waals surface area contributed by atoms with Gasteiger partial charge in [-0.1, -0.05) is 35.7 Å². The molecule has 0 aliphatic heterocycles. The average Bonchev–Trinajstić information content (AvgIpc) is 2.28. The number of terminal acetylenes is 1. The van der Waals surface area contributed by atoms with Crippen LogP contribution in [0.1, 0.15) is 5.69 Å². The summed E-state index contributed by atoms with van der Waals surface area (Å²) >= 11 is 6.05. The van der Waals surface area contributed by atoms with Crippen molar-refractivity contribution in [2.75, 3.05) is 5.73 Å². The van der Waals surface area contributed by atoms with Gasteiger partial charge in [0.2, 0.25) is 5.95 Å². The van der Waals surface area contributed by atoms with Crippen LogP contribution in [-0.4, -0.2) is 9.97 Å². The van der Waals surface area contributed by atoms with Gasteiger partial charge in [0.15, 0.2) is 0 Å². The zero-order chi connectivity index (χ0) is 11.5. The molecule has 0 amide bonds. The normalized spacial score (nSPS) is 9.75. The zero-order valence-electron chi connectivity index (χ0n) is 8.31. The predicted molar refractivity (Wildman–Crippen MR) is 64.8 cm³/mol. The van der Waals surface area contributed by atoms with Crippen LogP contribution in [-0.2, 0) is 0 Å². The van der Waals surface area contributed by atoms with Gasteiger partial charge in [-0.2, -0.15) is 0 Å². The highest BCUT2D eigenvalue weighted by Gasteiger charge is 2.06. The van der Waals surface area contributed by atoms with Crippen LogP contribution in [0.15, 0.2) is 30.3 Å². The molecular weight excluding hydrogens is 222 g/mol. The number of rotatable bonds is 1. The molecule has 0 saturated heterocycles. The summed E-state index contributed by atoms with van der Waals surface area (Å²) in [7, 11) is 0. The summed E-state index contributed by atoms with van der Waals surface area (Å²) in [6.45, 7) is 0. The topological polar surface area (TPSA) is 51.8 Å². The SMILES string of the molecule is C#Cc1cc(-c2ccccc2Cl)nc(N)n1. The fourth-order valence-corrected chi connectivity index (χ4v) is 1.58. The first kappa shape index (κ1) is 10.5. The number of benzene rings is 1. The van der Waals surface area contributed by atoms with Crippen LogP contribution in [0.4, 0.5) is 5.95 Å².